The number of halogens is 1. The van der Waals surface area contributed by atoms with Crippen LogP contribution in [0, 0.1) is 13.8 Å². The van der Waals surface area contributed by atoms with Crippen LogP contribution in [0.5, 0.6) is 0 Å². The predicted octanol–water partition coefficient (Wildman–Crippen LogP) is 3.74. The highest BCUT2D eigenvalue weighted by Gasteiger charge is 2.22. The summed E-state index contributed by atoms with van der Waals surface area (Å²) < 4.78 is 1.05. The van der Waals surface area contributed by atoms with Crippen LogP contribution >= 0.6 is 27.7 Å². The van der Waals surface area contributed by atoms with Gasteiger partial charge in [-0.1, -0.05) is 15.9 Å². The largest absolute Gasteiger partial charge is 0.294 e. The molecule has 1 aliphatic heterocycles. The fourth-order valence-electron chi connectivity index (χ4n) is 1.74. The molecule has 1 nitrogen and oxygen atoms in total. The maximum absolute atomic E-state index is 11.8. The molecule has 0 bridgehead atoms. The highest BCUT2D eigenvalue weighted by atomic mass is 79.9. The molecule has 0 amide bonds. The van der Waals surface area contributed by atoms with Gasteiger partial charge in [0.05, 0.1) is 0 Å². The number of rotatable bonds is 0. The van der Waals surface area contributed by atoms with E-state index in [-0.39, 0.29) is 0 Å². The number of fused-ring (bicyclic) bond motifs is 1. The minimum absolute atomic E-state index is 0.292. The summed E-state index contributed by atoms with van der Waals surface area (Å²) >= 11 is 5.29. The lowest BCUT2D eigenvalue weighted by atomic mass is 10.00. The van der Waals surface area contributed by atoms with E-state index in [1.165, 1.54) is 10.5 Å². The second kappa shape index (κ2) is 3.70. The molecule has 3 heteroatoms. The Morgan fingerprint density at radius 1 is 1.43 bits per heavy atom. The summed E-state index contributed by atoms with van der Waals surface area (Å²) in [6.45, 7) is 4.07. The molecule has 14 heavy (non-hydrogen) atoms. The molecule has 0 aliphatic carbocycles. The van der Waals surface area contributed by atoms with Crippen molar-refractivity contribution in [3.63, 3.8) is 0 Å². The van der Waals surface area contributed by atoms with Gasteiger partial charge in [0.25, 0.3) is 0 Å². The Kier molecular flexibility index (Phi) is 2.71. The number of aryl methyl sites for hydroxylation is 1. The summed E-state index contributed by atoms with van der Waals surface area (Å²) in [7, 11) is 0. The molecular formula is C11H11BrOS. The van der Waals surface area contributed by atoms with Gasteiger partial charge < -0.3 is 0 Å². The number of Topliss-reactive ketones (excluding diaryl/α,β-unsaturated/α-hetero) is 1. The van der Waals surface area contributed by atoms with E-state index in [0.717, 1.165) is 21.4 Å². The average molecular weight is 271 g/mol. The van der Waals surface area contributed by atoms with E-state index in [9.17, 15) is 4.79 Å². The van der Waals surface area contributed by atoms with Gasteiger partial charge in [-0.25, -0.2) is 0 Å². The van der Waals surface area contributed by atoms with Crippen molar-refractivity contribution in [2.45, 2.75) is 25.2 Å². The third-order valence-corrected chi connectivity index (χ3v) is 4.56. The molecule has 1 aliphatic rings. The molecule has 0 N–H and O–H groups in total. The molecule has 0 aromatic heterocycles. The molecule has 1 aromatic carbocycles. The lowest BCUT2D eigenvalue weighted by Gasteiger charge is -2.19. The van der Waals surface area contributed by atoms with E-state index >= 15 is 0 Å². The minimum Gasteiger partial charge on any atom is -0.294 e. The van der Waals surface area contributed by atoms with Gasteiger partial charge in [0, 0.05) is 27.1 Å². The third kappa shape index (κ3) is 1.52. The molecule has 74 valence electrons. The molecule has 0 fully saturated rings. The highest BCUT2D eigenvalue weighted by molar-refractivity contribution is 9.10. The van der Waals surface area contributed by atoms with Crippen molar-refractivity contribution in [3.8, 4) is 0 Å². The van der Waals surface area contributed by atoms with E-state index < -0.39 is 0 Å². The number of benzene rings is 1. The van der Waals surface area contributed by atoms with Gasteiger partial charge >= 0.3 is 0 Å². The summed E-state index contributed by atoms with van der Waals surface area (Å²) in [5.41, 5.74) is 3.23. The second-order valence-corrected chi connectivity index (χ2v) is 5.49. The first kappa shape index (κ1) is 10.2. The molecule has 0 saturated carbocycles. The zero-order chi connectivity index (χ0) is 10.3. The van der Waals surface area contributed by atoms with Crippen LogP contribution < -0.4 is 0 Å². The van der Waals surface area contributed by atoms with Crippen molar-refractivity contribution in [2.24, 2.45) is 0 Å². The van der Waals surface area contributed by atoms with E-state index in [4.69, 9.17) is 0 Å². The third-order valence-electron chi connectivity index (χ3n) is 2.52. The number of ketones is 1. The Morgan fingerprint density at radius 3 is 2.86 bits per heavy atom. The SMILES string of the molecule is Cc1cc(Br)c(C)c2c1SCCC2=O. The first-order valence-corrected chi connectivity index (χ1v) is 6.35. The molecule has 0 spiro atoms. The Morgan fingerprint density at radius 2 is 2.14 bits per heavy atom. The zero-order valence-electron chi connectivity index (χ0n) is 8.19. The van der Waals surface area contributed by atoms with Crippen molar-refractivity contribution in [3.05, 3.63) is 27.2 Å². The quantitative estimate of drug-likeness (QED) is 0.715. The topological polar surface area (TPSA) is 17.1 Å². The number of carbonyl (C=O) groups is 1. The maximum atomic E-state index is 11.8. The van der Waals surface area contributed by atoms with Crippen LogP contribution in [0.25, 0.3) is 0 Å². The summed E-state index contributed by atoms with van der Waals surface area (Å²) in [6.07, 6.45) is 0.675. The summed E-state index contributed by atoms with van der Waals surface area (Å²) in [6, 6.07) is 2.10. The number of carbonyl (C=O) groups excluding carboxylic acids is 1. The van der Waals surface area contributed by atoms with Gasteiger partial charge in [0.15, 0.2) is 5.78 Å². The number of hydrogen-bond acceptors (Lipinski definition) is 2. The van der Waals surface area contributed by atoms with Crippen molar-refractivity contribution in [1.82, 2.24) is 0 Å². The van der Waals surface area contributed by atoms with E-state index in [0.29, 0.717) is 12.2 Å². The first-order valence-electron chi connectivity index (χ1n) is 4.57. The van der Waals surface area contributed by atoms with E-state index in [1.807, 2.05) is 6.92 Å². The zero-order valence-corrected chi connectivity index (χ0v) is 10.6. The minimum atomic E-state index is 0.292. The summed E-state index contributed by atoms with van der Waals surface area (Å²) in [5, 5.41) is 0. The Balaban J connectivity index is 2.73. The Bertz CT molecular complexity index is 412. The van der Waals surface area contributed by atoms with E-state index in [1.54, 1.807) is 11.8 Å². The van der Waals surface area contributed by atoms with Crippen molar-refractivity contribution < 1.29 is 4.79 Å². The smallest absolute Gasteiger partial charge is 0.165 e. The number of hydrogen-bond donors (Lipinski definition) is 0. The molecule has 2 rings (SSSR count). The van der Waals surface area contributed by atoms with Gasteiger partial charge in [0.1, 0.15) is 0 Å². The normalized spacial score (nSPS) is 15.5. The van der Waals surface area contributed by atoms with Crippen LogP contribution in [0.4, 0.5) is 0 Å². The van der Waals surface area contributed by atoms with E-state index in [2.05, 4.69) is 28.9 Å². The molecule has 0 saturated heterocycles. The molecule has 0 atom stereocenters. The van der Waals surface area contributed by atoms with Crippen LogP contribution in [-0.2, 0) is 0 Å². The van der Waals surface area contributed by atoms with Crippen LogP contribution in [0.2, 0.25) is 0 Å². The summed E-state index contributed by atoms with van der Waals surface area (Å²) in [4.78, 5) is 13.0. The molecule has 1 heterocycles. The van der Waals surface area contributed by atoms with Gasteiger partial charge in [0.2, 0.25) is 0 Å². The van der Waals surface area contributed by atoms with Crippen molar-refractivity contribution >= 4 is 33.5 Å². The summed E-state index contributed by atoms with van der Waals surface area (Å²) in [5.74, 6) is 1.22. The maximum Gasteiger partial charge on any atom is 0.165 e. The fourth-order valence-corrected chi connectivity index (χ4v) is 3.47. The number of thioether (sulfide) groups is 1. The van der Waals surface area contributed by atoms with Crippen LogP contribution in [0.15, 0.2) is 15.4 Å². The Labute approximate surface area is 96.4 Å². The van der Waals surface area contributed by atoms with Crippen LogP contribution in [0.3, 0.4) is 0 Å². The van der Waals surface area contributed by atoms with Crippen molar-refractivity contribution in [2.75, 3.05) is 5.75 Å². The van der Waals surface area contributed by atoms with Gasteiger partial charge in [-0.2, -0.15) is 0 Å². The van der Waals surface area contributed by atoms with Gasteiger partial charge in [-0.05, 0) is 31.0 Å². The average Bonchev–Trinajstić information content (AvgIpc) is 2.14. The van der Waals surface area contributed by atoms with Crippen LogP contribution in [-0.4, -0.2) is 11.5 Å². The first-order chi connectivity index (χ1) is 6.61. The molecule has 0 unspecified atom stereocenters. The molecule has 0 radical (unpaired) electrons. The second-order valence-electron chi connectivity index (χ2n) is 3.53. The highest BCUT2D eigenvalue weighted by Crippen LogP contribution is 2.37. The predicted molar refractivity (Wildman–Crippen MR) is 63.3 cm³/mol. The molecule has 1 aromatic rings. The monoisotopic (exact) mass is 270 g/mol. The van der Waals surface area contributed by atoms with Gasteiger partial charge in [-0.3, -0.25) is 4.79 Å². The fraction of sp³-hybridized carbons (Fsp3) is 0.364. The Hall–Kier alpha value is -0.280. The van der Waals surface area contributed by atoms with Gasteiger partial charge in [-0.15, -0.1) is 11.8 Å². The lowest BCUT2D eigenvalue weighted by Crippen LogP contribution is -2.11. The van der Waals surface area contributed by atoms with Crippen LogP contribution in [0.1, 0.15) is 27.9 Å². The standard InChI is InChI=1S/C11H11BrOS/c1-6-5-8(12)7(2)10-9(13)3-4-14-11(6)10/h5H,3-4H2,1-2H3. The molecular weight excluding hydrogens is 260 g/mol. The van der Waals surface area contributed by atoms with Crippen molar-refractivity contribution in [1.29, 1.82) is 0 Å². The lowest BCUT2D eigenvalue weighted by molar-refractivity contribution is 0.0984.